The lowest BCUT2D eigenvalue weighted by molar-refractivity contribution is 0.591. The molecule has 0 bridgehead atoms. The maximum atomic E-state index is 6.04. The van der Waals surface area contributed by atoms with Gasteiger partial charge in [0.25, 0.3) is 0 Å². The average molecular weight is 304 g/mol. The molecule has 4 N–H and O–H groups in total. The van der Waals surface area contributed by atoms with E-state index in [9.17, 15) is 0 Å². The van der Waals surface area contributed by atoms with Gasteiger partial charge in [-0.25, -0.2) is 0 Å². The van der Waals surface area contributed by atoms with Gasteiger partial charge in [-0.15, -0.1) is 0 Å². The first-order chi connectivity index (χ1) is 6.74. The fourth-order valence-corrected chi connectivity index (χ4v) is 1.74. The minimum atomic E-state index is 0.165. The Morgan fingerprint density at radius 2 is 1.79 bits per heavy atom. The molecule has 0 unspecified atom stereocenters. The van der Waals surface area contributed by atoms with Crippen molar-refractivity contribution < 1.29 is 0 Å². The summed E-state index contributed by atoms with van der Waals surface area (Å²) in [5.41, 5.74) is 12.7. The Morgan fingerprint density at radius 3 is 2.36 bits per heavy atom. The molecule has 14 heavy (non-hydrogen) atoms. The molecule has 0 fully saturated rings. The molecule has 3 heteroatoms. The molecule has 1 aromatic rings. The molecule has 0 saturated heterocycles. The number of rotatable bonds is 5. The van der Waals surface area contributed by atoms with E-state index >= 15 is 0 Å². The lowest BCUT2D eigenvalue weighted by Gasteiger charge is -2.11. The van der Waals surface area contributed by atoms with Crippen LogP contribution in [0.1, 0.15) is 30.9 Å². The van der Waals surface area contributed by atoms with Gasteiger partial charge in [0.15, 0.2) is 0 Å². The van der Waals surface area contributed by atoms with Crippen molar-refractivity contribution in [1.82, 2.24) is 0 Å². The van der Waals surface area contributed by atoms with Crippen LogP contribution in [-0.2, 0) is 0 Å². The Bertz CT molecular complexity index is 258. The Hall–Kier alpha value is -0.130. The van der Waals surface area contributed by atoms with Crippen LogP contribution in [0.4, 0.5) is 0 Å². The van der Waals surface area contributed by atoms with Gasteiger partial charge in [0, 0.05) is 9.61 Å². The van der Waals surface area contributed by atoms with E-state index in [1.807, 2.05) is 0 Å². The van der Waals surface area contributed by atoms with Crippen molar-refractivity contribution in [1.29, 1.82) is 0 Å². The highest BCUT2D eigenvalue weighted by atomic mass is 127. The number of benzene rings is 1. The molecule has 0 radical (unpaired) electrons. The minimum Gasteiger partial charge on any atom is -0.330 e. The van der Waals surface area contributed by atoms with Crippen LogP contribution in [0.3, 0.4) is 0 Å². The maximum Gasteiger partial charge on any atom is 0.0294 e. The number of halogens is 1. The summed E-state index contributed by atoms with van der Waals surface area (Å²) in [5.74, 6) is 0. The molecule has 0 amide bonds. The molecule has 0 aromatic heterocycles. The molecule has 0 heterocycles. The fraction of sp³-hybridized carbons (Fsp3) is 0.455. The third kappa shape index (κ3) is 3.94. The summed E-state index contributed by atoms with van der Waals surface area (Å²) >= 11 is 2.30. The minimum absolute atomic E-state index is 0.165. The third-order valence-electron chi connectivity index (χ3n) is 2.27. The first kappa shape index (κ1) is 11.9. The van der Waals surface area contributed by atoms with Crippen LogP contribution < -0.4 is 11.5 Å². The Balaban J connectivity index is 2.43. The molecule has 0 aliphatic rings. The molecular formula is C11H17IN2. The number of nitrogens with two attached hydrogens (primary N) is 2. The van der Waals surface area contributed by atoms with E-state index in [1.165, 1.54) is 9.13 Å². The van der Waals surface area contributed by atoms with Crippen LogP contribution in [0.25, 0.3) is 0 Å². The fourth-order valence-electron chi connectivity index (χ4n) is 1.39. The average Bonchev–Trinajstić information content (AvgIpc) is 2.19. The highest BCUT2D eigenvalue weighted by Crippen LogP contribution is 2.17. The van der Waals surface area contributed by atoms with Crippen LogP contribution in [0.2, 0.25) is 0 Å². The second kappa shape index (κ2) is 6.37. The van der Waals surface area contributed by atoms with E-state index in [0.717, 1.165) is 25.8 Å². The Morgan fingerprint density at radius 1 is 1.14 bits per heavy atom. The normalized spacial score (nSPS) is 12.8. The van der Waals surface area contributed by atoms with Gasteiger partial charge in [0.2, 0.25) is 0 Å². The molecule has 78 valence electrons. The third-order valence-corrected chi connectivity index (χ3v) is 2.99. The number of unbranched alkanes of at least 4 members (excludes halogenated alkanes) is 1. The molecule has 1 rings (SSSR count). The van der Waals surface area contributed by atoms with Crippen molar-refractivity contribution in [2.75, 3.05) is 6.54 Å². The molecule has 0 saturated carbocycles. The summed E-state index contributed by atoms with van der Waals surface area (Å²) in [6.07, 6.45) is 3.21. The zero-order chi connectivity index (χ0) is 10.4. The second-order valence-corrected chi connectivity index (χ2v) is 4.69. The van der Waals surface area contributed by atoms with Gasteiger partial charge in [-0.2, -0.15) is 0 Å². The van der Waals surface area contributed by atoms with Crippen molar-refractivity contribution in [3.63, 3.8) is 0 Å². The summed E-state index contributed by atoms with van der Waals surface area (Å²) in [6, 6.07) is 8.57. The summed E-state index contributed by atoms with van der Waals surface area (Å²) in [5, 5.41) is 0. The summed E-state index contributed by atoms with van der Waals surface area (Å²) in [6.45, 7) is 0.763. The van der Waals surface area contributed by atoms with E-state index in [0.29, 0.717) is 0 Å². The highest BCUT2D eigenvalue weighted by molar-refractivity contribution is 14.1. The molecule has 0 aliphatic heterocycles. The Labute approximate surface area is 99.2 Å². The summed E-state index contributed by atoms with van der Waals surface area (Å²) in [7, 11) is 0. The van der Waals surface area contributed by atoms with Crippen LogP contribution >= 0.6 is 22.6 Å². The van der Waals surface area contributed by atoms with Crippen molar-refractivity contribution in [2.45, 2.75) is 25.3 Å². The van der Waals surface area contributed by atoms with Gasteiger partial charge >= 0.3 is 0 Å². The van der Waals surface area contributed by atoms with Crippen LogP contribution in [0, 0.1) is 3.57 Å². The summed E-state index contributed by atoms with van der Waals surface area (Å²) < 4.78 is 1.25. The summed E-state index contributed by atoms with van der Waals surface area (Å²) in [4.78, 5) is 0. The first-order valence-corrected chi connectivity index (χ1v) is 6.03. The predicted molar refractivity (Wildman–Crippen MR) is 69.0 cm³/mol. The van der Waals surface area contributed by atoms with Crippen LogP contribution in [0.15, 0.2) is 24.3 Å². The molecule has 0 spiro atoms. The van der Waals surface area contributed by atoms with Crippen LogP contribution in [0.5, 0.6) is 0 Å². The van der Waals surface area contributed by atoms with Gasteiger partial charge < -0.3 is 11.5 Å². The van der Waals surface area contributed by atoms with Crippen LogP contribution in [-0.4, -0.2) is 6.54 Å². The van der Waals surface area contributed by atoms with Crippen molar-refractivity contribution in [3.8, 4) is 0 Å². The quantitative estimate of drug-likeness (QED) is 0.648. The van der Waals surface area contributed by atoms with Gasteiger partial charge in [0.1, 0.15) is 0 Å². The van der Waals surface area contributed by atoms with Gasteiger partial charge in [-0.1, -0.05) is 18.6 Å². The first-order valence-electron chi connectivity index (χ1n) is 4.95. The zero-order valence-electron chi connectivity index (χ0n) is 8.25. The number of hydrogen-bond donors (Lipinski definition) is 2. The predicted octanol–water partition coefficient (Wildman–Crippen LogP) is 2.42. The maximum absolute atomic E-state index is 6.04. The highest BCUT2D eigenvalue weighted by Gasteiger charge is 2.04. The van der Waals surface area contributed by atoms with Gasteiger partial charge in [-0.3, -0.25) is 0 Å². The standard InChI is InChI=1S/C11H17IN2/c12-10-6-4-9(5-7-10)11(14)3-1-2-8-13/h4-7,11H,1-3,8,13-14H2/t11-/m0/s1. The van der Waals surface area contributed by atoms with Gasteiger partial charge in [0.05, 0.1) is 0 Å². The lowest BCUT2D eigenvalue weighted by atomic mass is 10.0. The molecule has 1 aromatic carbocycles. The molecule has 1 atom stereocenters. The van der Waals surface area contributed by atoms with E-state index in [2.05, 4.69) is 46.9 Å². The Kier molecular flexibility index (Phi) is 5.44. The van der Waals surface area contributed by atoms with Crippen molar-refractivity contribution in [3.05, 3.63) is 33.4 Å². The van der Waals surface area contributed by atoms with E-state index in [-0.39, 0.29) is 6.04 Å². The van der Waals surface area contributed by atoms with E-state index in [1.54, 1.807) is 0 Å². The molecule has 0 aliphatic carbocycles. The second-order valence-electron chi connectivity index (χ2n) is 3.44. The van der Waals surface area contributed by atoms with E-state index < -0.39 is 0 Å². The van der Waals surface area contributed by atoms with Crippen molar-refractivity contribution in [2.24, 2.45) is 11.5 Å². The van der Waals surface area contributed by atoms with Crippen molar-refractivity contribution >= 4 is 22.6 Å². The van der Waals surface area contributed by atoms with Gasteiger partial charge in [-0.05, 0) is 59.7 Å². The topological polar surface area (TPSA) is 52.0 Å². The van der Waals surface area contributed by atoms with E-state index in [4.69, 9.17) is 11.5 Å². The SMILES string of the molecule is NCCCC[C@H](N)c1ccc(I)cc1. The molecular weight excluding hydrogens is 287 g/mol. The monoisotopic (exact) mass is 304 g/mol. The lowest BCUT2D eigenvalue weighted by Crippen LogP contribution is -2.10. The number of hydrogen-bond acceptors (Lipinski definition) is 2. The molecule has 2 nitrogen and oxygen atoms in total. The smallest absolute Gasteiger partial charge is 0.0294 e. The zero-order valence-corrected chi connectivity index (χ0v) is 10.4. The largest absolute Gasteiger partial charge is 0.330 e.